The minimum absolute atomic E-state index is 0.0196. The summed E-state index contributed by atoms with van der Waals surface area (Å²) in [5, 5.41) is 9.84. The summed E-state index contributed by atoms with van der Waals surface area (Å²) >= 11 is 0. The molecule has 0 bridgehead atoms. The molecule has 4 N–H and O–H groups in total. The number of esters is 1. The number of para-hydroxylation sites is 1. The van der Waals surface area contributed by atoms with E-state index in [1.165, 1.54) is 18.2 Å². The molecular formula is C28H39FN4O7. The Labute approximate surface area is 233 Å². The van der Waals surface area contributed by atoms with Crippen molar-refractivity contribution in [2.75, 3.05) is 18.5 Å². The Morgan fingerprint density at radius 1 is 1.00 bits per heavy atom. The maximum Gasteiger partial charge on any atom is 0.313 e. The first-order valence-corrected chi connectivity index (χ1v) is 13.5. The van der Waals surface area contributed by atoms with Gasteiger partial charge < -0.3 is 26.0 Å². The Balaban J connectivity index is 2.14. The van der Waals surface area contributed by atoms with Crippen molar-refractivity contribution in [2.24, 2.45) is 17.8 Å². The number of ketones is 1. The summed E-state index contributed by atoms with van der Waals surface area (Å²) in [7, 11) is 0. The number of anilines is 1. The fourth-order valence-electron chi connectivity index (χ4n) is 4.20. The number of amides is 4. The highest BCUT2D eigenvalue weighted by Crippen LogP contribution is 2.19. The quantitative estimate of drug-likeness (QED) is 0.211. The minimum atomic E-state index is -1.21. The zero-order valence-corrected chi connectivity index (χ0v) is 23.4. The van der Waals surface area contributed by atoms with Crippen LogP contribution in [0.5, 0.6) is 0 Å². The first-order chi connectivity index (χ1) is 18.9. The van der Waals surface area contributed by atoms with E-state index in [1.807, 2.05) is 13.8 Å². The third-order valence-electron chi connectivity index (χ3n) is 6.23. The fourth-order valence-corrected chi connectivity index (χ4v) is 4.20. The lowest BCUT2D eigenvalue weighted by atomic mass is 9.90. The Bertz CT molecular complexity index is 1090. The number of hydrogen-bond donors (Lipinski definition) is 4. The highest BCUT2D eigenvalue weighted by atomic mass is 19.1. The molecule has 0 radical (unpaired) electrons. The van der Waals surface area contributed by atoms with Gasteiger partial charge in [0.15, 0.2) is 12.4 Å². The number of nitrogens with one attached hydrogen (secondary N) is 4. The van der Waals surface area contributed by atoms with E-state index < -0.39 is 59.9 Å². The van der Waals surface area contributed by atoms with Gasteiger partial charge in [0.05, 0.1) is 11.7 Å². The fraction of sp³-hybridized carbons (Fsp3) is 0.571. The van der Waals surface area contributed by atoms with Gasteiger partial charge in [0.25, 0.3) is 0 Å². The van der Waals surface area contributed by atoms with Gasteiger partial charge in [0.1, 0.15) is 11.9 Å². The van der Waals surface area contributed by atoms with Crippen molar-refractivity contribution in [3.63, 3.8) is 0 Å². The standard InChI is InChI=1S/C28H39FN4O7/c1-16(2)12-22(33-28(39)27(38)31-20-10-6-5-9-19(20)29)26(37)32-21(14-18-8-7-11-30-25(18)36)23(34)15-40-24(35)13-17(3)4/h5-6,9-10,16-18,21-22H,7-8,11-15H2,1-4H3,(H,30,36)(H,31,38)(H,32,37)(H,33,39)/t18-,21-,22-/m0/s1. The second kappa shape index (κ2) is 15.7. The van der Waals surface area contributed by atoms with Crippen LogP contribution in [0, 0.1) is 23.6 Å². The van der Waals surface area contributed by atoms with E-state index in [4.69, 9.17) is 4.74 Å². The lowest BCUT2D eigenvalue weighted by Crippen LogP contribution is -2.55. The summed E-state index contributed by atoms with van der Waals surface area (Å²) in [6, 6.07) is 2.92. The smallest absolute Gasteiger partial charge is 0.313 e. The van der Waals surface area contributed by atoms with Crippen LogP contribution in [0.2, 0.25) is 0 Å². The molecular weight excluding hydrogens is 523 g/mol. The molecule has 0 saturated carbocycles. The monoisotopic (exact) mass is 562 g/mol. The first kappa shape index (κ1) is 32.4. The average molecular weight is 563 g/mol. The molecule has 1 aromatic rings. The minimum Gasteiger partial charge on any atom is -0.458 e. The van der Waals surface area contributed by atoms with Crippen LogP contribution in [0.3, 0.4) is 0 Å². The van der Waals surface area contributed by atoms with Crippen LogP contribution in [-0.4, -0.2) is 60.6 Å². The number of carbonyl (C=O) groups excluding carboxylic acids is 6. The molecule has 1 saturated heterocycles. The maximum absolute atomic E-state index is 13.9. The molecule has 0 aromatic heterocycles. The van der Waals surface area contributed by atoms with E-state index in [-0.39, 0.29) is 42.7 Å². The van der Waals surface area contributed by atoms with Gasteiger partial charge in [-0.3, -0.25) is 28.8 Å². The van der Waals surface area contributed by atoms with Gasteiger partial charge >= 0.3 is 17.8 Å². The Hall–Kier alpha value is -3.83. The SMILES string of the molecule is CC(C)CC(=O)OCC(=O)[C@H](C[C@@H]1CCCNC1=O)NC(=O)[C@H](CC(C)C)NC(=O)C(=O)Nc1ccccc1F. The molecule has 1 aliphatic heterocycles. The van der Waals surface area contributed by atoms with Crippen LogP contribution >= 0.6 is 0 Å². The number of Topliss-reactive ketones (excluding diaryl/α,β-unsaturated/α-hetero) is 1. The number of halogens is 1. The molecule has 0 spiro atoms. The Kier molecular flexibility index (Phi) is 12.7. The van der Waals surface area contributed by atoms with Gasteiger partial charge in [-0.25, -0.2) is 4.39 Å². The summed E-state index contributed by atoms with van der Waals surface area (Å²) in [6.07, 6.45) is 1.44. The molecule has 40 heavy (non-hydrogen) atoms. The largest absolute Gasteiger partial charge is 0.458 e. The molecule has 4 amide bonds. The lowest BCUT2D eigenvalue weighted by molar-refractivity contribution is -0.149. The van der Waals surface area contributed by atoms with Crippen LogP contribution in [-0.2, 0) is 33.5 Å². The summed E-state index contributed by atoms with van der Waals surface area (Å²) in [6.45, 7) is 7.19. The van der Waals surface area contributed by atoms with E-state index in [2.05, 4.69) is 21.3 Å². The second-order valence-corrected chi connectivity index (χ2v) is 10.7. The summed E-state index contributed by atoms with van der Waals surface area (Å²) in [4.78, 5) is 75.7. The van der Waals surface area contributed by atoms with E-state index >= 15 is 0 Å². The number of ether oxygens (including phenoxy) is 1. The summed E-state index contributed by atoms with van der Waals surface area (Å²) in [5.41, 5.74) is -0.198. The Morgan fingerprint density at radius 2 is 1.70 bits per heavy atom. The maximum atomic E-state index is 13.9. The van der Waals surface area contributed by atoms with Crippen molar-refractivity contribution in [1.29, 1.82) is 0 Å². The Morgan fingerprint density at radius 3 is 2.33 bits per heavy atom. The number of rotatable bonds is 13. The van der Waals surface area contributed by atoms with Gasteiger partial charge in [-0.15, -0.1) is 0 Å². The molecule has 0 aliphatic carbocycles. The molecule has 11 nitrogen and oxygen atoms in total. The van der Waals surface area contributed by atoms with Crippen molar-refractivity contribution < 1.29 is 37.9 Å². The second-order valence-electron chi connectivity index (χ2n) is 10.7. The van der Waals surface area contributed by atoms with Crippen LogP contribution in [0.15, 0.2) is 24.3 Å². The van der Waals surface area contributed by atoms with Gasteiger partial charge in [0.2, 0.25) is 11.8 Å². The average Bonchev–Trinajstić information content (AvgIpc) is 2.88. The number of benzene rings is 1. The third kappa shape index (κ3) is 10.7. The summed E-state index contributed by atoms with van der Waals surface area (Å²) < 4.78 is 19.0. The van der Waals surface area contributed by atoms with Gasteiger partial charge in [0, 0.05) is 18.9 Å². The molecule has 1 aliphatic rings. The van der Waals surface area contributed by atoms with E-state index in [1.54, 1.807) is 13.8 Å². The van der Waals surface area contributed by atoms with Crippen LogP contribution in [0.25, 0.3) is 0 Å². The predicted molar refractivity (Wildman–Crippen MR) is 144 cm³/mol. The van der Waals surface area contributed by atoms with Crippen molar-refractivity contribution in [3.05, 3.63) is 30.1 Å². The molecule has 12 heteroatoms. The lowest BCUT2D eigenvalue weighted by Gasteiger charge is -2.28. The van der Waals surface area contributed by atoms with Crippen molar-refractivity contribution in [3.8, 4) is 0 Å². The predicted octanol–water partition coefficient (Wildman–Crippen LogP) is 1.85. The van der Waals surface area contributed by atoms with E-state index in [0.717, 1.165) is 6.07 Å². The summed E-state index contributed by atoms with van der Waals surface area (Å²) in [5.74, 6) is -5.83. The highest BCUT2D eigenvalue weighted by molar-refractivity contribution is 6.40. The van der Waals surface area contributed by atoms with Gasteiger partial charge in [-0.05, 0) is 49.7 Å². The topological polar surface area (TPSA) is 160 Å². The number of carbonyl (C=O) groups is 6. The van der Waals surface area contributed by atoms with Gasteiger partial charge in [-0.1, -0.05) is 39.8 Å². The highest BCUT2D eigenvalue weighted by Gasteiger charge is 2.33. The molecule has 1 fully saturated rings. The van der Waals surface area contributed by atoms with Gasteiger partial charge in [-0.2, -0.15) is 0 Å². The van der Waals surface area contributed by atoms with Crippen LogP contribution < -0.4 is 21.3 Å². The molecule has 220 valence electrons. The van der Waals surface area contributed by atoms with Crippen LogP contribution in [0.1, 0.15) is 59.8 Å². The molecule has 3 atom stereocenters. The normalized spacial score (nSPS) is 16.5. The van der Waals surface area contributed by atoms with E-state index in [9.17, 15) is 33.2 Å². The van der Waals surface area contributed by atoms with Crippen molar-refractivity contribution >= 4 is 41.1 Å². The third-order valence-corrected chi connectivity index (χ3v) is 6.23. The van der Waals surface area contributed by atoms with E-state index in [0.29, 0.717) is 19.4 Å². The molecule has 0 unspecified atom stereocenters. The zero-order chi connectivity index (χ0) is 29.8. The molecule has 2 rings (SSSR count). The van der Waals surface area contributed by atoms with Crippen molar-refractivity contribution in [2.45, 2.75) is 71.9 Å². The molecule has 1 heterocycles. The zero-order valence-electron chi connectivity index (χ0n) is 23.4. The van der Waals surface area contributed by atoms with Crippen LogP contribution in [0.4, 0.5) is 10.1 Å². The van der Waals surface area contributed by atoms with Crippen molar-refractivity contribution in [1.82, 2.24) is 16.0 Å². The number of piperidine rings is 1. The first-order valence-electron chi connectivity index (χ1n) is 13.5. The number of hydrogen-bond acceptors (Lipinski definition) is 7. The molecule has 1 aromatic carbocycles.